The van der Waals surface area contributed by atoms with Crippen molar-refractivity contribution >= 4 is 15.7 Å². The topological polar surface area (TPSA) is 79.2 Å². The molecule has 0 bridgehead atoms. The molecule has 0 saturated heterocycles. The SMILES string of the molecule is Cc1cc(S(=O)(=O)Nc2ccccc2C#N)ccc1OC(C)C. The number of para-hydroxylation sites is 1. The van der Waals surface area contributed by atoms with E-state index in [2.05, 4.69) is 4.72 Å². The Kier molecular flexibility index (Phi) is 4.92. The molecular weight excluding hydrogens is 312 g/mol. The number of hydrogen-bond donors (Lipinski definition) is 1. The summed E-state index contributed by atoms with van der Waals surface area (Å²) in [5.74, 6) is 0.649. The quantitative estimate of drug-likeness (QED) is 0.910. The van der Waals surface area contributed by atoms with Crippen LogP contribution in [0.1, 0.15) is 25.0 Å². The van der Waals surface area contributed by atoms with E-state index in [4.69, 9.17) is 10.00 Å². The van der Waals surface area contributed by atoms with Crippen LogP contribution in [0.4, 0.5) is 5.69 Å². The Balaban J connectivity index is 2.33. The van der Waals surface area contributed by atoms with Crippen molar-refractivity contribution in [3.63, 3.8) is 0 Å². The Labute approximate surface area is 136 Å². The first-order valence-corrected chi connectivity index (χ1v) is 8.61. The molecule has 5 nitrogen and oxygen atoms in total. The molecule has 1 N–H and O–H groups in total. The molecular formula is C17H18N2O3S. The number of nitrogens with one attached hydrogen (secondary N) is 1. The predicted molar refractivity (Wildman–Crippen MR) is 88.9 cm³/mol. The highest BCUT2D eigenvalue weighted by Gasteiger charge is 2.17. The highest BCUT2D eigenvalue weighted by Crippen LogP contribution is 2.25. The molecule has 0 aliphatic rings. The van der Waals surface area contributed by atoms with E-state index in [0.717, 1.165) is 5.56 Å². The third-order valence-electron chi connectivity index (χ3n) is 3.11. The summed E-state index contributed by atoms with van der Waals surface area (Å²) in [6.07, 6.45) is 0.0109. The highest BCUT2D eigenvalue weighted by atomic mass is 32.2. The largest absolute Gasteiger partial charge is 0.491 e. The second-order valence-electron chi connectivity index (χ2n) is 5.36. The van der Waals surface area contributed by atoms with Crippen LogP contribution in [0.2, 0.25) is 0 Å². The number of nitrogens with zero attached hydrogens (tertiary/aromatic N) is 1. The lowest BCUT2D eigenvalue weighted by atomic mass is 10.2. The lowest BCUT2D eigenvalue weighted by Crippen LogP contribution is -2.14. The maximum absolute atomic E-state index is 12.5. The van der Waals surface area contributed by atoms with E-state index in [0.29, 0.717) is 5.75 Å². The van der Waals surface area contributed by atoms with Gasteiger partial charge in [-0.15, -0.1) is 0 Å². The summed E-state index contributed by atoms with van der Waals surface area (Å²) in [6.45, 7) is 5.61. The van der Waals surface area contributed by atoms with Crippen LogP contribution in [0.25, 0.3) is 0 Å². The Morgan fingerprint density at radius 3 is 2.48 bits per heavy atom. The minimum Gasteiger partial charge on any atom is -0.491 e. The summed E-state index contributed by atoms with van der Waals surface area (Å²) in [7, 11) is -3.77. The molecule has 0 heterocycles. The molecule has 2 aromatic rings. The van der Waals surface area contributed by atoms with E-state index in [9.17, 15) is 8.42 Å². The summed E-state index contributed by atoms with van der Waals surface area (Å²) < 4.78 is 33.0. The maximum Gasteiger partial charge on any atom is 0.261 e. The van der Waals surface area contributed by atoms with E-state index in [1.807, 2.05) is 19.9 Å². The van der Waals surface area contributed by atoms with Gasteiger partial charge in [0.1, 0.15) is 11.8 Å². The van der Waals surface area contributed by atoms with Gasteiger partial charge in [-0.25, -0.2) is 8.42 Å². The molecule has 0 aliphatic carbocycles. The molecule has 120 valence electrons. The monoisotopic (exact) mass is 330 g/mol. The lowest BCUT2D eigenvalue weighted by molar-refractivity contribution is 0.240. The van der Waals surface area contributed by atoms with Gasteiger partial charge in [-0.2, -0.15) is 5.26 Å². The number of nitriles is 1. The van der Waals surface area contributed by atoms with Crippen LogP contribution >= 0.6 is 0 Å². The minimum absolute atomic E-state index is 0.0109. The Bertz CT molecular complexity index is 852. The van der Waals surface area contributed by atoms with Crippen molar-refractivity contribution < 1.29 is 13.2 Å². The normalized spacial score (nSPS) is 11.1. The number of rotatable bonds is 5. The Morgan fingerprint density at radius 1 is 1.17 bits per heavy atom. The van der Waals surface area contributed by atoms with Gasteiger partial charge in [0.15, 0.2) is 0 Å². The van der Waals surface area contributed by atoms with Crippen LogP contribution in [-0.2, 0) is 10.0 Å². The van der Waals surface area contributed by atoms with Gasteiger partial charge in [-0.1, -0.05) is 12.1 Å². The van der Waals surface area contributed by atoms with Crippen molar-refractivity contribution in [1.29, 1.82) is 5.26 Å². The van der Waals surface area contributed by atoms with Crippen LogP contribution < -0.4 is 9.46 Å². The van der Waals surface area contributed by atoms with Gasteiger partial charge >= 0.3 is 0 Å². The van der Waals surface area contributed by atoms with Crippen LogP contribution in [0.15, 0.2) is 47.4 Å². The Morgan fingerprint density at radius 2 is 1.87 bits per heavy atom. The van der Waals surface area contributed by atoms with Gasteiger partial charge in [-0.3, -0.25) is 4.72 Å². The maximum atomic E-state index is 12.5. The molecule has 0 radical (unpaired) electrons. The molecule has 2 aromatic carbocycles. The first-order chi connectivity index (χ1) is 10.8. The fourth-order valence-corrected chi connectivity index (χ4v) is 3.21. The first kappa shape index (κ1) is 16.8. The van der Waals surface area contributed by atoms with Crippen molar-refractivity contribution in [2.24, 2.45) is 0 Å². The van der Waals surface area contributed by atoms with Crippen LogP contribution in [0, 0.1) is 18.3 Å². The van der Waals surface area contributed by atoms with E-state index in [1.54, 1.807) is 43.3 Å². The predicted octanol–water partition coefficient (Wildman–Crippen LogP) is 3.45. The molecule has 0 fully saturated rings. The summed E-state index contributed by atoms with van der Waals surface area (Å²) in [4.78, 5) is 0.124. The third-order valence-corrected chi connectivity index (χ3v) is 4.47. The standard InChI is InChI=1S/C17H18N2O3S/c1-12(2)22-17-9-8-15(10-13(17)3)23(20,21)19-16-7-5-4-6-14(16)11-18/h4-10,12,19H,1-3H3. The summed E-state index contributed by atoms with van der Waals surface area (Å²) in [5.41, 5.74) is 1.26. The van der Waals surface area contributed by atoms with Crippen LogP contribution in [0.3, 0.4) is 0 Å². The van der Waals surface area contributed by atoms with E-state index >= 15 is 0 Å². The number of ether oxygens (including phenoxy) is 1. The van der Waals surface area contributed by atoms with Gasteiger partial charge in [-0.05, 0) is 56.7 Å². The van der Waals surface area contributed by atoms with E-state index < -0.39 is 10.0 Å². The molecule has 6 heteroatoms. The highest BCUT2D eigenvalue weighted by molar-refractivity contribution is 7.92. The number of aryl methyl sites for hydroxylation is 1. The summed E-state index contributed by atoms with van der Waals surface area (Å²) in [5, 5.41) is 9.05. The molecule has 23 heavy (non-hydrogen) atoms. The zero-order valence-electron chi connectivity index (χ0n) is 13.2. The zero-order chi connectivity index (χ0) is 17.0. The van der Waals surface area contributed by atoms with Gasteiger partial charge in [0.2, 0.25) is 0 Å². The second kappa shape index (κ2) is 6.71. The van der Waals surface area contributed by atoms with Gasteiger partial charge in [0.05, 0.1) is 22.3 Å². The number of sulfonamides is 1. The van der Waals surface area contributed by atoms with Crippen molar-refractivity contribution in [2.75, 3.05) is 4.72 Å². The molecule has 0 amide bonds. The van der Waals surface area contributed by atoms with Crippen LogP contribution in [0.5, 0.6) is 5.75 Å². The molecule has 0 unspecified atom stereocenters. The van der Waals surface area contributed by atoms with Crippen molar-refractivity contribution in [3.05, 3.63) is 53.6 Å². The van der Waals surface area contributed by atoms with Crippen molar-refractivity contribution in [2.45, 2.75) is 31.8 Å². The summed E-state index contributed by atoms with van der Waals surface area (Å²) in [6, 6.07) is 13.1. The van der Waals surface area contributed by atoms with Crippen molar-refractivity contribution in [1.82, 2.24) is 0 Å². The van der Waals surface area contributed by atoms with Gasteiger partial charge in [0, 0.05) is 0 Å². The van der Waals surface area contributed by atoms with Gasteiger partial charge < -0.3 is 4.74 Å². The van der Waals surface area contributed by atoms with Crippen molar-refractivity contribution in [3.8, 4) is 11.8 Å². The lowest BCUT2D eigenvalue weighted by Gasteiger charge is -2.14. The molecule has 0 spiro atoms. The summed E-state index contributed by atoms with van der Waals surface area (Å²) >= 11 is 0. The molecule has 0 atom stereocenters. The Hall–Kier alpha value is -2.52. The molecule has 0 aromatic heterocycles. The van der Waals surface area contributed by atoms with Crippen LogP contribution in [-0.4, -0.2) is 14.5 Å². The number of benzene rings is 2. The third kappa shape index (κ3) is 4.02. The zero-order valence-corrected chi connectivity index (χ0v) is 14.0. The average Bonchev–Trinajstić information content (AvgIpc) is 2.49. The van der Waals surface area contributed by atoms with Gasteiger partial charge in [0.25, 0.3) is 10.0 Å². The molecule has 0 saturated carbocycles. The second-order valence-corrected chi connectivity index (χ2v) is 7.04. The number of anilines is 1. The fraction of sp³-hybridized carbons (Fsp3) is 0.235. The molecule has 0 aliphatic heterocycles. The first-order valence-electron chi connectivity index (χ1n) is 7.13. The van der Waals surface area contributed by atoms with E-state index in [1.165, 1.54) is 6.07 Å². The average molecular weight is 330 g/mol. The van der Waals surface area contributed by atoms with E-state index in [-0.39, 0.29) is 22.3 Å². The number of hydrogen-bond acceptors (Lipinski definition) is 4. The molecule has 2 rings (SSSR count). The smallest absolute Gasteiger partial charge is 0.261 e. The minimum atomic E-state index is -3.77. The fourth-order valence-electron chi connectivity index (χ4n) is 2.05.